The van der Waals surface area contributed by atoms with Crippen LogP contribution in [-0.4, -0.2) is 17.0 Å². The molecule has 0 bridgehead atoms. The molecule has 0 aliphatic heterocycles. The molecule has 7 heteroatoms. The van der Waals surface area contributed by atoms with E-state index in [1.165, 1.54) is 0 Å². The van der Waals surface area contributed by atoms with Crippen LogP contribution in [0, 0.1) is 6.92 Å². The number of azo groups is 1. The van der Waals surface area contributed by atoms with Gasteiger partial charge in [-0.05, 0) is 31.2 Å². The Balaban J connectivity index is 2.35. The van der Waals surface area contributed by atoms with E-state index in [0.29, 0.717) is 28.0 Å². The first-order valence-corrected chi connectivity index (χ1v) is 5.97. The Bertz CT molecular complexity index is 608. The third-order valence-electron chi connectivity index (χ3n) is 2.35. The summed E-state index contributed by atoms with van der Waals surface area (Å²) < 4.78 is 0. The highest BCUT2D eigenvalue weighted by Crippen LogP contribution is 2.30. The molecule has 2 rings (SSSR count). The van der Waals surface area contributed by atoms with Gasteiger partial charge in [0.2, 0.25) is 0 Å². The van der Waals surface area contributed by atoms with Crippen LogP contribution in [0.1, 0.15) is 5.82 Å². The Labute approximate surface area is 115 Å². The van der Waals surface area contributed by atoms with Gasteiger partial charge in [0.25, 0.3) is 0 Å². The molecule has 0 spiro atoms. The Morgan fingerprint density at radius 1 is 1.16 bits per heavy atom. The molecule has 6 nitrogen and oxygen atoms in total. The second-order valence-electron chi connectivity index (χ2n) is 3.78. The van der Waals surface area contributed by atoms with Gasteiger partial charge in [-0.1, -0.05) is 11.6 Å². The fraction of sp³-hybridized carbons (Fsp3) is 0.167. The number of nitrogens with one attached hydrogen (secondary N) is 1. The molecular formula is C12H13ClN6. The minimum atomic E-state index is 0.287. The predicted octanol–water partition coefficient (Wildman–Crippen LogP) is 3.48. The third kappa shape index (κ3) is 3.17. The minimum absolute atomic E-state index is 0.287. The van der Waals surface area contributed by atoms with Crippen LogP contribution in [0.4, 0.5) is 23.0 Å². The molecule has 0 radical (unpaired) electrons. The maximum Gasteiger partial charge on any atom is 0.170 e. The van der Waals surface area contributed by atoms with E-state index in [2.05, 4.69) is 25.5 Å². The normalized spacial score (nSPS) is 10.9. The summed E-state index contributed by atoms with van der Waals surface area (Å²) in [5.41, 5.74) is 6.91. The maximum absolute atomic E-state index is 5.82. The van der Waals surface area contributed by atoms with Gasteiger partial charge >= 0.3 is 0 Å². The monoisotopic (exact) mass is 276 g/mol. The molecule has 0 atom stereocenters. The Hall–Kier alpha value is -2.21. The topological polar surface area (TPSA) is 88.5 Å². The van der Waals surface area contributed by atoms with E-state index in [0.717, 1.165) is 0 Å². The molecule has 2 aromatic rings. The summed E-state index contributed by atoms with van der Waals surface area (Å²) >= 11 is 5.80. The largest absolute Gasteiger partial charge is 0.382 e. The Morgan fingerprint density at radius 3 is 2.47 bits per heavy atom. The fourth-order valence-corrected chi connectivity index (χ4v) is 1.60. The van der Waals surface area contributed by atoms with Crippen molar-refractivity contribution in [3.05, 3.63) is 35.1 Å². The van der Waals surface area contributed by atoms with Gasteiger partial charge in [-0.3, -0.25) is 0 Å². The van der Waals surface area contributed by atoms with Gasteiger partial charge in [0.15, 0.2) is 17.3 Å². The van der Waals surface area contributed by atoms with Crippen LogP contribution in [0.3, 0.4) is 0 Å². The van der Waals surface area contributed by atoms with Crippen molar-refractivity contribution in [2.75, 3.05) is 18.1 Å². The lowest BCUT2D eigenvalue weighted by Gasteiger charge is -2.06. The van der Waals surface area contributed by atoms with Crippen LogP contribution >= 0.6 is 11.6 Å². The van der Waals surface area contributed by atoms with Crippen molar-refractivity contribution in [3.8, 4) is 0 Å². The molecule has 0 aliphatic rings. The van der Waals surface area contributed by atoms with E-state index in [-0.39, 0.29) is 5.82 Å². The molecule has 1 aromatic heterocycles. The molecule has 19 heavy (non-hydrogen) atoms. The van der Waals surface area contributed by atoms with Crippen molar-refractivity contribution in [1.82, 2.24) is 9.97 Å². The molecule has 1 heterocycles. The van der Waals surface area contributed by atoms with Crippen molar-refractivity contribution in [2.45, 2.75) is 6.92 Å². The fourth-order valence-electron chi connectivity index (χ4n) is 1.48. The summed E-state index contributed by atoms with van der Waals surface area (Å²) in [6.45, 7) is 1.76. The third-order valence-corrected chi connectivity index (χ3v) is 2.60. The van der Waals surface area contributed by atoms with Crippen molar-refractivity contribution >= 4 is 34.6 Å². The minimum Gasteiger partial charge on any atom is -0.382 e. The summed E-state index contributed by atoms with van der Waals surface area (Å²) in [5.74, 6) is 1.41. The number of benzene rings is 1. The zero-order chi connectivity index (χ0) is 13.8. The van der Waals surface area contributed by atoms with Gasteiger partial charge in [-0.15, -0.1) is 5.11 Å². The van der Waals surface area contributed by atoms with Crippen molar-refractivity contribution < 1.29 is 0 Å². The molecule has 0 saturated carbocycles. The molecule has 3 N–H and O–H groups in total. The number of hydrogen-bond acceptors (Lipinski definition) is 6. The quantitative estimate of drug-likeness (QED) is 0.840. The Kier molecular flexibility index (Phi) is 3.91. The first-order valence-electron chi connectivity index (χ1n) is 5.59. The summed E-state index contributed by atoms with van der Waals surface area (Å²) in [6, 6.07) is 7.00. The summed E-state index contributed by atoms with van der Waals surface area (Å²) in [7, 11) is 1.74. The Morgan fingerprint density at radius 2 is 1.84 bits per heavy atom. The van der Waals surface area contributed by atoms with Crippen LogP contribution in [0.25, 0.3) is 0 Å². The summed E-state index contributed by atoms with van der Waals surface area (Å²) in [6.07, 6.45) is 0. The average molecular weight is 277 g/mol. The second kappa shape index (κ2) is 5.62. The zero-order valence-corrected chi connectivity index (χ0v) is 11.3. The number of rotatable bonds is 3. The van der Waals surface area contributed by atoms with E-state index >= 15 is 0 Å². The van der Waals surface area contributed by atoms with E-state index in [1.54, 1.807) is 38.2 Å². The van der Waals surface area contributed by atoms with Crippen LogP contribution in [0.2, 0.25) is 5.02 Å². The number of aromatic nitrogens is 2. The molecular weight excluding hydrogens is 264 g/mol. The van der Waals surface area contributed by atoms with Crippen LogP contribution in [-0.2, 0) is 0 Å². The molecule has 0 unspecified atom stereocenters. The number of nitrogens with two attached hydrogens (primary N) is 1. The van der Waals surface area contributed by atoms with E-state index in [9.17, 15) is 0 Å². The first-order chi connectivity index (χ1) is 9.10. The van der Waals surface area contributed by atoms with Crippen molar-refractivity contribution in [2.24, 2.45) is 10.2 Å². The van der Waals surface area contributed by atoms with Crippen LogP contribution in [0.5, 0.6) is 0 Å². The van der Waals surface area contributed by atoms with Gasteiger partial charge in [0, 0.05) is 12.1 Å². The summed E-state index contributed by atoms with van der Waals surface area (Å²) in [4.78, 5) is 8.26. The number of anilines is 2. The molecule has 0 saturated heterocycles. The molecule has 98 valence electrons. The van der Waals surface area contributed by atoms with E-state index in [4.69, 9.17) is 17.3 Å². The van der Waals surface area contributed by atoms with Gasteiger partial charge < -0.3 is 11.1 Å². The van der Waals surface area contributed by atoms with Crippen molar-refractivity contribution in [1.29, 1.82) is 0 Å². The lowest BCUT2D eigenvalue weighted by molar-refractivity contribution is 1.04. The highest BCUT2D eigenvalue weighted by molar-refractivity contribution is 6.30. The van der Waals surface area contributed by atoms with Gasteiger partial charge in [0.1, 0.15) is 5.82 Å². The second-order valence-corrected chi connectivity index (χ2v) is 4.22. The number of halogens is 1. The average Bonchev–Trinajstić information content (AvgIpc) is 2.39. The molecule has 0 fully saturated rings. The highest BCUT2D eigenvalue weighted by atomic mass is 35.5. The first kappa shape index (κ1) is 13.2. The highest BCUT2D eigenvalue weighted by Gasteiger charge is 2.09. The predicted molar refractivity (Wildman–Crippen MR) is 76.4 cm³/mol. The standard InChI is InChI=1S/C12H13ClN6/c1-7-16-11(14)10(12(15-2)17-7)19-18-9-5-3-8(13)4-6-9/h3-6H,1-2H3,(H3,14,15,16,17). The van der Waals surface area contributed by atoms with E-state index < -0.39 is 0 Å². The number of aryl methyl sites for hydroxylation is 1. The molecule has 0 amide bonds. The zero-order valence-electron chi connectivity index (χ0n) is 10.6. The maximum atomic E-state index is 5.82. The van der Waals surface area contributed by atoms with Gasteiger partial charge in [-0.25, -0.2) is 9.97 Å². The van der Waals surface area contributed by atoms with E-state index in [1.807, 2.05) is 0 Å². The lowest BCUT2D eigenvalue weighted by Crippen LogP contribution is -2.01. The SMILES string of the molecule is CNc1nc(C)nc(N)c1N=Nc1ccc(Cl)cc1. The smallest absolute Gasteiger partial charge is 0.170 e. The number of nitrogen functional groups attached to an aromatic ring is 1. The lowest BCUT2D eigenvalue weighted by atomic mass is 10.3. The molecule has 1 aromatic carbocycles. The van der Waals surface area contributed by atoms with Gasteiger partial charge in [-0.2, -0.15) is 5.11 Å². The molecule has 0 aliphatic carbocycles. The number of hydrogen-bond donors (Lipinski definition) is 2. The van der Waals surface area contributed by atoms with Crippen LogP contribution in [0.15, 0.2) is 34.5 Å². The van der Waals surface area contributed by atoms with Crippen molar-refractivity contribution in [3.63, 3.8) is 0 Å². The van der Waals surface area contributed by atoms with Crippen LogP contribution < -0.4 is 11.1 Å². The summed E-state index contributed by atoms with van der Waals surface area (Å²) in [5, 5.41) is 11.7. The number of nitrogens with zero attached hydrogens (tertiary/aromatic N) is 4. The van der Waals surface area contributed by atoms with Gasteiger partial charge in [0.05, 0.1) is 5.69 Å².